The van der Waals surface area contributed by atoms with Gasteiger partial charge in [0, 0.05) is 25.5 Å². The second kappa shape index (κ2) is 9.70. The van der Waals surface area contributed by atoms with Crippen molar-refractivity contribution in [2.45, 2.75) is 26.3 Å². The van der Waals surface area contributed by atoms with Gasteiger partial charge in [-0.25, -0.2) is 14.4 Å². The Bertz CT molecular complexity index is 1140. The van der Waals surface area contributed by atoms with Crippen LogP contribution in [0.3, 0.4) is 0 Å². The number of amides is 1. The van der Waals surface area contributed by atoms with E-state index in [-0.39, 0.29) is 18.1 Å². The third kappa shape index (κ3) is 5.08. The molecule has 0 saturated carbocycles. The molecule has 4 rings (SSSR count). The van der Waals surface area contributed by atoms with E-state index in [0.29, 0.717) is 24.0 Å². The number of hydrogen-bond acceptors (Lipinski definition) is 5. The highest BCUT2D eigenvalue weighted by atomic mass is 32.1. The first-order valence-electron chi connectivity index (χ1n) is 10.2. The van der Waals surface area contributed by atoms with Crippen LogP contribution in [-0.4, -0.2) is 33.6 Å². The van der Waals surface area contributed by atoms with Crippen molar-refractivity contribution in [1.82, 2.24) is 14.5 Å². The summed E-state index contributed by atoms with van der Waals surface area (Å²) in [5.41, 5.74) is 1.53. The first-order valence-corrected chi connectivity index (χ1v) is 11.0. The van der Waals surface area contributed by atoms with Crippen LogP contribution in [0.1, 0.15) is 18.9 Å². The Labute approximate surface area is 183 Å². The molecule has 31 heavy (non-hydrogen) atoms. The van der Waals surface area contributed by atoms with Crippen molar-refractivity contribution in [1.29, 1.82) is 0 Å². The molecule has 0 aliphatic carbocycles. The molecule has 0 saturated heterocycles. The first kappa shape index (κ1) is 21.0. The van der Waals surface area contributed by atoms with Crippen LogP contribution in [0.5, 0.6) is 5.75 Å². The van der Waals surface area contributed by atoms with Crippen molar-refractivity contribution in [3.05, 3.63) is 72.6 Å². The molecule has 160 valence electrons. The molecule has 2 aromatic heterocycles. The van der Waals surface area contributed by atoms with Crippen LogP contribution in [0.25, 0.3) is 10.2 Å². The van der Waals surface area contributed by atoms with Crippen molar-refractivity contribution in [2.24, 2.45) is 0 Å². The van der Waals surface area contributed by atoms with E-state index in [1.165, 1.54) is 23.5 Å². The summed E-state index contributed by atoms with van der Waals surface area (Å²) in [6.07, 6.45) is 6.33. The summed E-state index contributed by atoms with van der Waals surface area (Å²) in [6, 6.07) is 11.8. The Hall–Kier alpha value is -3.26. The van der Waals surface area contributed by atoms with Gasteiger partial charge in [-0.2, -0.15) is 0 Å². The average Bonchev–Trinajstić information content (AvgIpc) is 3.43. The zero-order valence-electron chi connectivity index (χ0n) is 17.2. The van der Waals surface area contributed by atoms with Crippen LogP contribution < -0.4 is 9.64 Å². The number of aryl methyl sites for hydroxylation is 1. The molecule has 0 N–H and O–H groups in total. The van der Waals surface area contributed by atoms with E-state index in [1.54, 1.807) is 29.6 Å². The third-order valence-corrected chi connectivity index (χ3v) is 5.87. The molecule has 0 fully saturated rings. The normalized spacial score (nSPS) is 11.0. The van der Waals surface area contributed by atoms with Gasteiger partial charge in [0.2, 0.25) is 5.91 Å². The number of carbonyl (C=O) groups excluding carboxylic acids is 1. The number of rotatable bonds is 9. The minimum absolute atomic E-state index is 0.0748. The van der Waals surface area contributed by atoms with Crippen LogP contribution >= 0.6 is 11.3 Å². The lowest BCUT2D eigenvalue weighted by Gasteiger charge is -2.20. The zero-order valence-corrected chi connectivity index (χ0v) is 18.0. The molecule has 0 unspecified atom stereocenters. The Morgan fingerprint density at radius 2 is 2.06 bits per heavy atom. The van der Waals surface area contributed by atoms with Gasteiger partial charge in [-0.15, -0.1) is 0 Å². The topological polar surface area (TPSA) is 60.2 Å². The fourth-order valence-electron chi connectivity index (χ4n) is 3.33. The van der Waals surface area contributed by atoms with Gasteiger partial charge in [-0.05, 0) is 43.2 Å². The maximum atomic E-state index is 13.2. The lowest BCUT2D eigenvalue weighted by atomic mass is 10.1. The monoisotopic (exact) mass is 438 g/mol. The third-order valence-electron chi connectivity index (χ3n) is 4.83. The van der Waals surface area contributed by atoms with Gasteiger partial charge in [0.1, 0.15) is 17.1 Å². The minimum atomic E-state index is -0.317. The maximum Gasteiger partial charge on any atom is 0.233 e. The molecule has 0 aliphatic rings. The molecule has 4 aromatic rings. The van der Waals surface area contributed by atoms with Crippen LogP contribution in [0.15, 0.2) is 61.2 Å². The van der Waals surface area contributed by atoms with Gasteiger partial charge in [0.15, 0.2) is 5.13 Å². The lowest BCUT2D eigenvalue weighted by Crippen LogP contribution is -2.33. The molecule has 2 aromatic carbocycles. The van der Waals surface area contributed by atoms with Gasteiger partial charge >= 0.3 is 0 Å². The van der Waals surface area contributed by atoms with Gasteiger partial charge in [0.05, 0.1) is 24.1 Å². The Morgan fingerprint density at radius 1 is 1.23 bits per heavy atom. The molecule has 6 nitrogen and oxygen atoms in total. The molecule has 0 bridgehead atoms. The van der Waals surface area contributed by atoms with Crippen LogP contribution in [0, 0.1) is 5.82 Å². The Kier molecular flexibility index (Phi) is 6.57. The van der Waals surface area contributed by atoms with Crippen molar-refractivity contribution < 1.29 is 13.9 Å². The van der Waals surface area contributed by atoms with E-state index in [1.807, 2.05) is 35.9 Å². The van der Waals surface area contributed by atoms with Crippen molar-refractivity contribution in [3.8, 4) is 5.75 Å². The molecule has 1 amide bonds. The van der Waals surface area contributed by atoms with Gasteiger partial charge in [-0.1, -0.05) is 29.5 Å². The number of para-hydroxylation sites is 1. The Morgan fingerprint density at radius 3 is 2.81 bits per heavy atom. The number of carbonyl (C=O) groups is 1. The van der Waals surface area contributed by atoms with E-state index in [9.17, 15) is 9.18 Å². The number of ether oxygens (including phenoxy) is 1. The Balaban J connectivity index is 1.59. The number of anilines is 1. The standard InChI is InChI=1S/C23H23FN4O2S/c1-2-30-19-5-3-6-20-22(19)26-23(31-20)28(13-4-12-27-14-11-25-16-27)21(29)15-17-7-9-18(24)10-8-17/h3,5-11,14,16H,2,4,12-13,15H2,1H3. The number of imidazole rings is 1. The summed E-state index contributed by atoms with van der Waals surface area (Å²) in [5, 5.41) is 0.639. The summed E-state index contributed by atoms with van der Waals surface area (Å²) in [7, 11) is 0. The van der Waals surface area contributed by atoms with Crippen molar-refractivity contribution >= 4 is 32.6 Å². The number of benzene rings is 2. The number of halogens is 1. The summed E-state index contributed by atoms with van der Waals surface area (Å²) < 4.78 is 21.9. The molecular formula is C23H23FN4O2S. The van der Waals surface area contributed by atoms with E-state index in [4.69, 9.17) is 9.72 Å². The number of aromatic nitrogens is 3. The lowest BCUT2D eigenvalue weighted by molar-refractivity contribution is -0.118. The van der Waals surface area contributed by atoms with Gasteiger partial charge in [-0.3, -0.25) is 9.69 Å². The van der Waals surface area contributed by atoms with Gasteiger partial charge < -0.3 is 9.30 Å². The highest BCUT2D eigenvalue weighted by molar-refractivity contribution is 7.22. The SMILES string of the molecule is CCOc1cccc2sc(N(CCCn3ccnc3)C(=O)Cc3ccc(F)cc3)nc12. The largest absolute Gasteiger partial charge is 0.492 e. The highest BCUT2D eigenvalue weighted by Gasteiger charge is 2.21. The van der Waals surface area contributed by atoms with Crippen molar-refractivity contribution in [2.75, 3.05) is 18.1 Å². The summed E-state index contributed by atoms with van der Waals surface area (Å²) in [5.74, 6) is 0.323. The second-order valence-electron chi connectivity index (χ2n) is 7.04. The quantitative estimate of drug-likeness (QED) is 0.380. The first-order chi connectivity index (χ1) is 15.1. The zero-order chi connectivity index (χ0) is 21.6. The minimum Gasteiger partial charge on any atom is -0.492 e. The fraction of sp³-hybridized carbons (Fsp3) is 0.261. The van der Waals surface area contributed by atoms with E-state index in [0.717, 1.165) is 28.7 Å². The van der Waals surface area contributed by atoms with Gasteiger partial charge in [0.25, 0.3) is 0 Å². The fourth-order valence-corrected chi connectivity index (χ4v) is 4.36. The van der Waals surface area contributed by atoms with Crippen molar-refractivity contribution in [3.63, 3.8) is 0 Å². The number of fused-ring (bicyclic) bond motifs is 1. The number of nitrogens with zero attached hydrogens (tertiary/aromatic N) is 4. The molecule has 0 radical (unpaired) electrons. The number of hydrogen-bond donors (Lipinski definition) is 0. The average molecular weight is 439 g/mol. The number of thiazole rings is 1. The second-order valence-corrected chi connectivity index (χ2v) is 8.04. The molecule has 0 spiro atoms. The molecule has 8 heteroatoms. The summed E-state index contributed by atoms with van der Waals surface area (Å²) >= 11 is 1.47. The van der Waals surface area contributed by atoms with E-state index in [2.05, 4.69) is 4.98 Å². The predicted octanol–water partition coefficient (Wildman–Crippen LogP) is 4.70. The van der Waals surface area contributed by atoms with E-state index < -0.39 is 0 Å². The molecule has 0 aliphatic heterocycles. The van der Waals surface area contributed by atoms with Crippen LogP contribution in [0.2, 0.25) is 0 Å². The van der Waals surface area contributed by atoms with Crippen LogP contribution in [0.4, 0.5) is 9.52 Å². The summed E-state index contributed by atoms with van der Waals surface area (Å²) in [6.45, 7) is 3.74. The summed E-state index contributed by atoms with van der Waals surface area (Å²) in [4.78, 5) is 23.8. The maximum absolute atomic E-state index is 13.2. The highest BCUT2D eigenvalue weighted by Crippen LogP contribution is 2.34. The van der Waals surface area contributed by atoms with Crippen LogP contribution in [-0.2, 0) is 17.8 Å². The molecular weight excluding hydrogens is 415 g/mol. The van der Waals surface area contributed by atoms with E-state index >= 15 is 0 Å². The molecule has 0 atom stereocenters. The molecule has 2 heterocycles. The smallest absolute Gasteiger partial charge is 0.233 e. The predicted molar refractivity (Wildman–Crippen MR) is 120 cm³/mol.